The van der Waals surface area contributed by atoms with Gasteiger partial charge in [-0.25, -0.2) is 9.18 Å². The second-order valence-corrected chi connectivity index (χ2v) is 8.18. The van der Waals surface area contributed by atoms with Gasteiger partial charge >= 0.3 is 5.97 Å². The summed E-state index contributed by atoms with van der Waals surface area (Å²) in [5, 5.41) is 0.628. The zero-order chi connectivity index (χ0) is 18.5. The minimum absolute atomic E-state index is 0.0482. The Kier molecular flexibility index (Phi) is 4.20. The molecule has 0 saturated carbocycles. The van der Waals surface area contributed by atoms with Crippen LogP contribution in [0, 0.1) is 5.82 Å². The number of carbonyl (C=O) groups is 1. The van der Waals surface area contributed by atoms with Crippen LogP contribution in [-0.4, -0.2) is 53.9 Å². The third kappa shape index (κ3) is 2.95. The smallest absolute Gasteiger partial charge is 0.340 e. The summed E-state index contributed by atoms with van der Waals surface area (Å²) < 4.78 is 27.3. The summed E-state index contributed by atoms with van der Waals surface area (Å²) in [6.07, 6.45) is 6.82. The quantitative estimate of drug-likeness (QED) is 0.774. The fourth-order valence-electron chi connectivity index (χ4n) is 5.11. The molecule has 3 fully saturated rings. The Morgan fingerprint density at radius 3 is 2.67 bits per heavy atom. The topological polar surface area (TPSA) is 43.7 Å². The molecule has 3 saturated heterocycles. The molecule has 4 atom stereocenters. The van der Waals surface area contributed by atoms with E-state index in [1.54, 1.807) is 6.07 Å². The predicted molar refractivity (Wildman–Crippen MR) is 99.4 cm³/mol. The first-order chi connectivity index (χ1) is 13.1. The van der Waals surface area contributed by atoms with Crippen molar-refractivity contribution in [3.05, 3.63) is 35.8 Å². The van der Waals surface area contributed by atoms with Crippen molar-refractivity contribution in [2.45, 2.75) is 56.3 Å². The summed E-state index contributed by atoms with van der Waals surface area (Å²) in [6, 6.07) is 5.83. The molecule has 3 aliphatic rings. The zero-order valence-electron chi connectivity index (χ0n) is 15.6. The summed E-state index contributed by atoms with van der Waals surface area (Å²) in [4.78, 5) is 15.4. The van der Waals surface area contributed by atoms with E-state index in [0.29, 0.717) is 36.2 Å². The molecule has 0 amide bonds. The fraction of sp³-hybridized carbons (Fsp3) is 0.571. The van der Waals surface area contributed by atoms with Crippen molar-refractivity contribution in [2.24, 2.45) is 0 Å². The molecule has 6 heteroatoms. The molecule has 5 rings (SSSR count). The standard InChI is InChI=1S/C21H25FN2O3/c1-23-14-3-4-15(23)10-17(9-14)27-21(25)19-11-24(16-6-7-26-12-16)20-5-2-13(22)8-18(19)20/h2,5,8,11,14-17H,3-4,6-7,9-10,12H2,1H3/t14-,15+,16-,17-/m0/s1. The normalized spacial score (nSPS) is 30.9. The summed E-state index contributed by atoms with van der Waals surface area (Å²) in [6.45, 7) is 1.33. The lowest BCUT2D eigenvalue weighted by Crippen LogP contribution is -2.43. The van der Waals surface area contributed by atoms with Crippen molar-refractivity contribution in [3.8, 4) is 0 Å². The largest absolute Gasteiger partial charge is 0.459 e. The Labute approximate surface area is 158 Å². The molecule has 4 heterocycles. The number of nitrogens with zero attached hydrogens (tertiary/aromatic N) is 2. The average Bonchev–Trinajstić information content (AvgIpc) is 3.33. The Morgan fingerprint density at radius 2 is 1.96 bits per heavy atom. The zero-order valence-corrected chi connectivity index (χ0v) is 15.6. The van der Waals surface area contributed by atoms with E-state index >= 15 is 0 Å². The number of ether oxygens (including phenoxy) is 2. The third-order valence-electron chi connectivity index (χ3n) is 6.64. The Morgan fingerprint density at radius 1 is 1.19 bits per heavy atom. The lowest BCUT2D eigenvalue weighted by Gasteiger charge is -2.35. The van der Waals surface area contributed by atoms with Gasteiger partial charge in [0, 0.05) is 48.6 Å². The van der Waals surface area contributed by atoms with Crippen LogP contribution in [0.4, 0.5) is 4.39 Å². The number of piperidine rings is 1. The first kappa shape index (κ1) is 17.2. The first-order valence-electron chi connectivity index (χ1n) is 9.91. The highest BCUT2D eigenvalue weighted by Crippen LogP contribution is 2.36. The number of rotatable bonds is 3. The molecule has 2 bridgehead atoms. The Hall–Kier alpha value is -1.92. The molecular weight excluding hydrogens is 347 g/mol. The van der Waals surface area contributed by atoms with Crippen molar-refractivity contribution in [3.63, 3.8) is 0 Å². The van der Waals surface area contributed by atoms with E-state index in [2.05, 4.69) is 16.5 Å². The first-order valence-corrected chi connectivity index (χ1v) is 9.91. The lowest BCUT2D eigenvalue weighted by atomic mass is 10.0. The van der Waals surface area contributed by atoms with Crippen LogP contribution in [0.15, 0.2) is 24.4 Å². The van der Waals surface area contributed by atoms with Crippen LogP contribution in [0.5, 0.6) is 0 Å². The van der Waals surface area contributed by atoms with Gasteiger partial charge in [-0.2, -0.15) is 0 Å². The van der Waals surface area contributed by atoms with E-state index < -0.39 is 0 Å². The molecule has 1 aromatic heterocycles. The second kappa shape index (κ2) is 6.60. The van der Waals surface area contributed by atoms with Gasteiger partial charge in [0.05, 0.1) is 18.2 Å². The van der Waals surface area contributed by atoms with E-state index in [4.69, 9.17) is 9.47 Å². The van der Waals surface area contributed by atoms with Gasteiger partial charge in [-0.3, -0.25) is 0 Å². The van der Waals surface area contributed by atoms with E-state index in [1.807, 2.05) is 6.20 Å². The third-order valence-corrected chi connectivity index (χ3v) is 6.64. The number of aromatic nitrogens is 1. The monoisotopic (exact) mass is 372 g/mol. The van der Waals surface area contributed by atoms with E-state index in [0.717, 1.165) is 24.8 Å². The van der Waals surface area contributed by atoms with Crippen LogP contribution in [0.3, 0.4) is 0 Å². The molecule has 0 N–H and O–H groups in total. The molecule has 144 valence electrons. The van der Waals surface area contributed by atoms with Crippen molar-refractivity contribution in [2.75, 3.05) is 20.3 Å². The van der Waals surface area contributed by atoms with Crippen LogP contribution in [0.2, 0.25) is 0 Å². The van der Waals surface area contributed by atoms with Crippen LogP contribution in [-0.2, 0) is 9.47 Å². The van der Waals surface area contributed by atoms with E-state index in [1.165, 1.54) is 25.0 Å². The number of halogens is 1. The number of hydrogen-bond acceptors (Lipinski definition) is 4. The van der Waals surface area contributed by atoms with Gasteiger partial charge in [-0.05, 0) is 44.5 Å². The SMILES string of the molecule is CN1[C@@H]2CC[C@H]1C[C@H](OC(=O)c1cn([C@H]3CCOC3)c3ccc(F)cc13)C2. The van der Waals surface area contributed by atoms with Crippen molar-refractivity contribution < 1.29 is 18.7 Å². The molecule has 0 aliphatic carbocycles. The van der Waals surface area contributed by atoms with Crippen molar-refractivity contribution >= 4 is 16.9 Å². The molecule has 0 radical (unpaired) electrons. The minimum atomic E-state index is -0.339. The number of esters is 1. The van der Waals surface area contributed by atoms with Gasteiger partial charge in [0.15, 0.2) is 0 Å². The Bertz CT molecular complexity index is 860. The molecule has 0 spiro atoms. The maximum atomic E-state index is 13.9. The van der Waals surface area contributed by atoms with E-state index in [-0.39, 0.29) is 23.9 Å². The van der Waals surface area contributed by atoms with Crippen LogP contribution in [0.25, 0.3) is 10.9 Å². The summed E-state index contributed by atoms with van der Waals surface area (Å²) in [5.41, 5.74) is 1.32. The molecule has 3 aliphatic heterocycles. The maximum Gasteiger partial charge on any atom is 0.340 e. The van der Waals surface area contributed by atoms with Gasteiger partial charge in [0.25, 0.3) is 0 Å². The van der Waals surface area contributed by atoms with Gasteiger partial charge in [-0.15, -0.1) is 0 Å². The minimum Gasteiger partial charge on any atom is -0.459 e. The lowest BCUT2D eigenvalue weighted by molar-refractivity contribution is -0.000291. The van der Waals surface area contributed by atoms with Crippen LogP contribution in [0.1, 0.15) is 48.5 Å². The highest BCUT2D eigenvalue weighted by Gasteiger charge is 2.40. The van der Waals surface area contributed by atoms with Crippen LogP contribution < -0.4 is 0 Å². The molecule has 27 heavy (non-hydrogen) atoms. The summed E-state index contributed by atoms with van der Waals surface area (Å²) in [5.74, 6) is -0.675. The number of benzene rings is 1. The fourth-order valence-corrected chi connectivity index (χ4v) is 5.11. The summed E-state index contributed by atoms with van der Waals surface area (Å²) in [7, 11) is 2.17. The predicted octanol–water partition coefficient (Wildman–Crippen LogP) is 3.52. The van der Waals surface area contributed by atoms with Crippen LogP contribution >= 0.6 is 0 Å². The molecule has 5 nitrogen and oxygen atoms in total. The van der Waals surface area contributed by atoms with E-state index in [9.17, 15) is 9.18 Å². The van der Waals surface area contributed by atoms with Crippen molar-refractivity contribution in [1.82, 2.24) is 9.47 Å². The second-order valence-electron chi connectivity index (χ2n) is 8.18. The molecular formula is C21H25FN2O3. The average molecular weight is 372 g/mol. The Balaban J connectivity index is 1.43. The number of hydrogen-bond donors (Lipinski definition) is 0. The summed E-state index contributed by atoms with van der Waals surface area (Å²) >= 11 is 0. The van der Waals surface area contributed by atoms with Gasteiger partial charge in [0.2, 0.25) is 0 Å². The highest BCUT2D eigenvalue weighted by atomic mass is 19.1. The molecule has 1 aromatic carbocycles. The number of carbonyl (C=O) groups excluding carboxylic acids is 1. The van der Waals surface area contributed by atoms with Gasteiger partial charge < -0.3 is 18.9 Å². The van der Waals surface area contributed by atoms with Gasteiger partial charge in [-0.1, -0.05) is 0 Å². The molecule has 2 aromatic rings. The van der Waals surface area contributed by atoms with Gasteiger partial charge in [0.1, 0.15) is 11.9 Å². The molecule has 0 unspecified atom stereocenters. The maximum absolute atomic E-state index is 13.9. The van der Waals surface area contributed by atoms with Crippen molar-refractivity contribution in [1.29, 1.82) is 0 Å². The highest BCUT2D eigenvalue weighted by molar-refractivity contribution is 6.04. The number of fused-ring (bicyclic) bond motifs is 3.